The summed E-state index contributed by atoms with van der Waals surface area (Å²) in [5.41, 5.74) is -2.24. The van der Waals surface area contributed by atoms with Gasteiger partial charge in [0.05, 0.1) is 0 Å². The van der Waals surface area contributed by atoms with Crippen LogP contribution in [0.15, 0.2) is 0 Å². The van der Waals surface area contributed by atoms with Crippen LogP contribution >= 0.6 is 23.5 Å². The van der Waals surface area contributed by atoms with E-state index in [2.05, 4.69) is 10.6 Å². The molecule has 0 aromatic carbocycles. The zero-order valence-electron chi connectivity index (χ0n) is 10.4. The average Bonchev–Trinajstić information content (AvgIpc) is 2.87. The SMILES string of the molecule is O=C(NCC1CSCCS1)C1(C(F)(F)F)CCNC1. The minimum Gasteiger partial charge on any atom is -0.354 e. The molecule has 2 saturated heterocycles. The summed E-state index contributed by atoms with van der Waals surface area (Å²) >= 11 is 3.51. The van der Waals surface area contributed by atoms with Crippen LogP contribution in [0.1, 0.15) is 6.42 Å². The Labute approximate surface area is 118 Å². The lowest BCUT2D eigenvalue weighted by atomic mass is 9.85. The van der Waals surface area contributed by atoms with Crippen molar-refractivity contribution in [2.45, 2.75) is 17.8 Å². The Hall–Kier alpha value is -0.0800. The Bertz CT molecular complexity index is 326. The van der Waals surface area contributed by atoms with Gasteiger partial charge in [-0.05, 0) is 13.0 Å². The second-order valence-corrected chi connectivity index (χ2v) is 7.34. The molecule has 0 aromatic rings. The lowest BCUT2D eigenvalue weighted by Gasteiger charge is -2.30. The normalized spacial score (nSPS) is 32.3. The minimum absolute atomic E-state index is 0.172. The highest BCUT2D eigenvalue weighted by Gasteiger charge is 2.61. The highest BCUT2D eigenvalue weighted by molar-refractivity contribution is 8.06. The van der Waals surface area contributed by atoms with E-state index < -0.39 is 17.5 Å². The van der Waals surface area contributed by atoms with Gasteiger partial charge < -0.3 is 10.6 Å². The molecular formula is C11H17F3N2OS2. The molecule has 2 N–H and O–H groups in total. The van der Waals surface area contributed by atoms with Gasteiger partial charge in [-0.3, -0.25) is 4.79 Å². The molecule has 8 heteroatoms. The summed E-state index contributed by atoms with van der Waals surface area (Å²) in [7, 11) is 0. The predicted molar refractivity (Wildman–Crippen MR) is 72.6 cm³/mol. The molecule has 2 unspecified atom stereocenters. The van der Waals surface area contributed by atoms with E-state index in [1.54, 1.807) is 23.5 Å². The maximum absolute atomic E-state index is 13.1. The predicted octanol–water partition coefficient (Wildman–Crippen LogP) is 1.49. The third-order valence-corrected chi connectivity index (χ3v) is 6.35. The van der Waals surface area contributed by atoms with Crippen LogP contribution in [0.25, 0.3) is 0 Å². The van der Waals surface area contributed by atoms with E-state index in [-0.39, 0.29) is 24.8 Å². The summed E-state index contributed by atoms with van der Waals surface area (Å²) in [6.45, 7) is 0.254. The van der Waals surface area contributed by atoms with E-state index in [0.29, 0.717) is 6.54 Å². The van der Waals surface area contributed by atoms with Crippen molar-refractivity contribution in [3.05, 3.63) is 0 Å². The van der Waals surface area contributed by atoms with Crippen molar-refractivity contribution in [2.24, 2.45) is 5.41 Å². The smallest absolute Gasteiger partial charge is 0.354 e. The molecule has 2 atom stereocenters. The van der Waals surface area contributed by atoms with E-state index in [1.807, 2.05) is 0 Å². The third kappa shape index (κ3) is 3.33. The van der Waals surface area contributed by atoms with Crippen LogP contribution in [0.3, 0.4) is 0 Å². The van der Waals surface area contributed by atoms with Crippen molar-refractivity contribution in [1.29, 1.82) is 0 Å². The van der Waals surface area contributed by atoms with E-state index in [0.717, 1.165) is 17.3 Å². The molecule has 2 heterocycles. The van der Waals surface area contributed by atoms with Crippen LogP contribution in [0.4, 0.5) is 13.2 Å². The molecule has 110 valence electrons. The molecule has 3 nitrogen and oxygen atoms in total. The maximum atomic E-state index is 13.1. The number of rotatable bonds is 3. The summed E-state index contributed by atoms with van der Waals surface area (Å²) in [6, 6.07) is 0. The first-order valence-corrected chi connectivity index (χ1v) is 8.41. The topological polar surface area (TPSA) is 41.1 Å². The highest BCUT2D eigenvalue weighted by Crippen LogP contribution is 2.43. The molecule has 0 radical (unpaired) electrons. The van der Waals surface area contributed by atoms with E-state index in [1.165, 1.54) is 0 Å². The first-order chi connectivity index (χ1) is 8.96. The largest absolute Gasteiger partial charge is 0.404 e. The van der Waals surface area contributed by atoms with Crippen molar-refractivity contribution in [3.63, 3.8) is 0 Å². The first kappa shape index (κ1) is 15.3. The van der Waals surface area contributed by atoms with Crippen LogP contribution in [0, 0.1) is 5.41 Å². The number of amides is 1. The van der Waals surface area contributed by atoms with Crippen LogP contribution in [0.5, 0.6) is 0 Å². The van der Waals surface area contributed by atoms with Crippen molar-refractivity contribution in [3.8, 4) is 0 Å². The van der Waals surface area contributed by atoms with Crippen molar-refractivity contribution < 1.29 is 18.0 Å². The van der Waals surface area contributed by atoms with Gasteiger partial charge in [-0.2, -0.15) is 36.7 Å². The fourth-order valence-corrected chi connectivity index (χ4v) is 4.90. The maximum Gasteiger partial charge on any atom is 0.404 e. The van der Waals surface area contributed by atoms with E-state index in [9.17, 15) is 18.0 Å². The van der Waals surface area contributed by atoms with Gasteiger partial charge >= 0.3 is 6.18 Å². The van der Waals surface area contributed by atoms with Gasteiger partial charge in [0.15, 0.2) is 5.41 Å². The molecule has 1 amide bonds. The number of nitrogens with one attached hydrogen (secondary N) is 2. The first-order valence-electron chi connectivity index (χ1n) is 6.21. The average molecular weight is 314 g/mol. The van der Waals surface area contributed by atoms with Crippen LogP contribution in [0.2, 0.25) is 0 Å². The quantitative estimate of drug-likeness (QED) is 0.828. The number of carbonyl (C=O) groups excluding carboxylic acids is 1. The van der Waals surface area contributed by atoms with Crippen LogP contribution < -0.4 is 10.6 Å². The molecule has 0 bridgehead atoms. The standard InChI is InChI=1S/C11H17F3N2OS2/c12-11(13,14)10(1-2-15-7-10)9(17)16-5-8-6-18-3-4-19-8/h8,15H,1-7H2,(H,16,17). The van der Waals surface area contributed by atoms with Crippen molar-refractivity contribution in [1.82, 2.24) is 10.6 Å². The Kier molecular flexibility index (Phi) is 4.94. The highest BCUT2D eigenvalue weighted by atomic mass is 32.2. The molecule has 0 saturated carbocycles. The molecule has 2 aliphatic rings. The molecule has 0 aliphatic carbocycles. The molecule has 19 heavy (non-hydrogen) atoms. The lowest BCUT2D eigenvalue weighted by Crippen LogP contribution is -2.53. The number of alkyl halides is 3. The Morgan fingerprint density at radius 3 is 2.74 bits per heavy atom. The molecule has 0 spiro atoms. The van der Waals surface area contributed by atoms with Crippen LogP contribution in [-0.2, 0) is 4.79 Å². The van der Waals surface area contributed by atoms with E-state index in [4.69, 9.17) is 0 Å². The van der Waals surface area contributed by atoms with Crippen LogP contribution in [-0.4, -0.2) is 54.2 Å². The monoisotopic (exact) mass is 314 g/mol. The van der Waals surface area contributed by atoms with Crippen molar-refractivity contribution in [2.75, 3.05) is 36.9 Å². The number of carbonyl (C=O) groups is 1. The fraction of sp³-hybridized carbons (Fsp3) is 0.909. The minimum atomic E-state index is -4.49. The molecule has 2 fully saturated rings. The van der Waals surface area contributed by atoms with Crippen molar-refractivity contribution >= 4 is 29.4 Å². The second kappa shape index (κ2) is 6.13. The molecule has 0 aromatic heterocycles. The lowest BCUT2D eigenvalue weighted by molar-refractivity contribution is -0.215. The van der Waals surface area contributed by atoms with Gasteiger partial charge in [-0.15, -0.1) is 0 Å². The number of halogens is 3. The Morgan fingerprint density at radius 1 is 1.42 bits per heavy atom. The summed E-state index contributed by atoms with van der Waals surface area (Å²) in [5, 5.41) is 5.38. The zero-order valence-corrected chi connectivity index (χ0v) is 12.0. The number of thioether (sulfide) groups is 2. The Balaban J connectivity index is 1.93. The third-order valence-electron chi connectivity index (χ3n) is 3.51. The fourth-order valence-electron chi connectivity index (χ4n) is 2.29. The summed E-state index contributed by atoms with van der Waals surface area (Å²) in [6.07, 6.45) is -4.66. The van der Waals surface area contributed by atoms with E-state index >= 15 is 0 Å². The van der Waals surface area contributed by atoms with Gasteiger partial charge in [0, 0.05) is 35.6 Å². The number of hydrogen-bond donors (Lipinski definition) is 2. The van der Waals surface area contributed by atoms with Gasteiger partial charge in [0.2, 0.25) is 5.91 Å². The summed E-state index contributed by atoms with van der Waals surface area (Å²) in [5.74, 6) is 2.09. The zero-order chi connectivity index (χ0) is 13.9. The van der Waals surface area contributed by atoms with Gasteiger partial charge in [0.1, 0.15) is 0 Å². The van der Waals surface area contributed by atoms with Gasteiger partial charge in [0.25, 0.3) is 0 Å². The van der Waals surface area contributed by atoms with Gasteiger partial charge in [-0.1, -0.05) is 0 Å². The molecule has 2 rings (SSSR count). The summed E-state index contributed by atoms with van der Waals surface area (Å²) in [4.78, 5) is 12.0. The molecule has 2 aliphatic heterocycles. The van der Waals surface area contributed by atoms with Gasteiger partial charge in [-0.25, -0.2) is 0 Å². The Morgan fingerprint density at radius 2 is 2.21 bits per heavy atom. The second-order valence-electron chi connectivity index (χ2n) is 4.78. The summed E-state index contributed by atoms with van der Waals surface area (Å²) < 4.78 is 39.4. The molecular weight excluding hydrogens is 297 g/mol. The number of hydrogen-bond acceptors (Lipinski definition) is 4.